The summed E-state index contributed by atoms with van der Waals surface area (Å²) in [7, 11) is 0. The molecule has 2 N–H and O–H groups in total. The van der Waals surface area contributed by atoms with Gasteiger partial charge in [0, 0.05) is 11.3 Å². The van der Waals surface area contributed by atoms with Gasteiger partial charge in [-0.25, -0.2) is 0 Å². The Labute approximate surface area is 198 Å². The molecular weight excluding hydrogens is 464 g/mol. The predicted octanol–water partition coefficient (Wildman–Crippen LogP) is 3.18. The second kappa shape index (κ2) is 8.75. The van der Waals surface area contributed by atoms with Gasteiger partial charge in [0.15, 0.2) is 17.3 Å². The van der Waals surface area contributed by atoms with Crippen molar-refractivity contribution in [1.82, 2.24) is 5.32 Å². The highest BCUT2D eigenvalue weighted by atomic mass is 32.2. The molecule has 5 rings (SSSR count). The molecule has 0 radical (unpaired) electrons. The largest absolute Gasteiger partial charge is 0.454 e. The summed E-state index contributed by atoms with van der Waals surface area (Å²) in [6.07, 6.45) is 0.833. The average Bonchev–Trinajstić information content (AvgIpc) is 3.34. The Morgan fingerprint density at radius 2 is 1.85 bits per heavy atom. The Kier molecular flexibility index (Phi) is 5.79. The summed E-state index contributed by atoms with van der Waals surface area (Å²) in [5.41, 5.74) is 2.87. The van der Waals surface area contributed by atoms with Gasteiger partial charge in [0.25, 0.3) is 5.24 Å². The minimum atomic E-state index is -0.449. The molecule has 3 heterocycles. The molecule has 3 atom stereocenters. The lowest BCUT2D eigenvalue weighted by Crippen LogP contribution is -2.28. The van der Waals surface area contributed by atoms with E-state index < -0.39 is 10.5 Å². The quantitative estimate of drug-likeness (QED) is 0.681. The van der Waals surface area contributed by atoms with Crippen LogP contribution < -0.4 is 20.1 Å². The number of benzene rings is 2. The van der Waals surface area contributed by atoms with Crippen LogP contribution in [0.3, 0.4) is 0 Å². The number of ether oxygens (including phenoxy) is 2. The first-order chi connectivity index (χ1) is 15.9. The molecule has 10 heteroatoms. The van der Waals surface area contributed by atoms with Gasteiger partial charge >= 0.3 is 0 Å². The van der Waals surface area contributed by atoms with E-state index in [1.165, 1.54) is 11.8 Å². The normalized spacial score (nSPS) is 23.7. The molecule has 3 aliphatic heterocycles. The van der Waals surface area contributed by atoms with Gasteiger partial charge in [0.05, 0.1) is 15.7 Å². The van der Waals surface area contributed by atoms with E-state index in [-0.39, 0.29) is 34.9 Å². The van der Waals surface area contributed by atoms with E-state index in [1.807, 2.05) is 19.1 Å². The van der Waals surface area contributed by atoms with Crippen LogP contribution in [-0.4, -0.2) is 45.4 Å². The second-order valence-electron chi connectivity index (χ2n) is 7.97. The Bertz CT molecular complexity index is 1170. The third-order valence-electron chi connectivity index (χ3n) is 5.71. The highest BCUT2D eigenvalue weighted by Gasteiger charge is 2.34. The standard InChI is InChI=1S/C23H20N2O6S2/c1-11-20(26)15-9-17-16(30-10-31-17)7-13(15)8-19(32-11)21(27)24-14-4-2-12(3-5-14)6-18-22(28)25-23(29)33-18/h2-5,7,9,11,18-19H,6,8,10H2,1H3,(H,24,27)(H,25,28,29)/t11-,18?,19+/m0/s1. The number of imide groups is 1. The van der Waals surface area contributed by atoms with E-state index in [4.69, 9.17) is 9.47 Å². The Balaban J connectivity index is 1.28. The molecule has 3 aliphatic rings. The highest BCUT2D eigenvalue weighted by Crippen LogP contribution is 2.39. The number of thioether (sulfide) groups is 2. The van der Waals surface area contributed by atoms with E-state index in [2.05, 4.69) is 10.6 Å². The number of rotatable bonds is 4. The first kappa shape index (κ1) is 21.8. The topological polar surface area (TPSA) is 111 Å². The molecular formula is C23H20N2O6S2. The second-order valence-corrected chi connectivity index (χ2v) is 10.7. The van der Waals surface area contributed by atoms with Crippen LogP contribution in [0.15, 0.2) is 36.4 Å². The molecule has 1 unspecified atom stereocenters. The summed E-state index contributed by atoms with van der Waals surface area (Å²) in [5, 5.41) is 3.63. The lowest BCUT2D eigenvalue weighted by Gasteiger charge is -2.16. The van der Waals surface area contributed by atoms with Gasteiger partial charge in [-0.3, -0.25) is 24.5 Å². The van der Waals surface area contributed by atoms with Crippen molar-refractivity contribution in [2.24, 2.45) is 0 Å². The number of carbonyl (C=O) groups is 4. The van der Waals surface area contributed by atoms with Crippen molar-refractivity contribution >= 4 is 52.0 Å². The molecule has 1 fully saturated rings. The van der Waals surface area contributed by atoms with Crippen molar-refractivity contribution in [3.05, 3.63) is 53.1 Å². The minimum Gasteiger partial charge on any atom is -0.454 e. The van der Waals surface area contributed by atoms with Gasteiger partial charge in [-0.1, -0.05) is 23.9 Å². The molecule has 2 aromatic carbocycles. The first-order valence-corrected chi connectivity index (χ1v) is 12.2. The number of carbonyl (C=O) groups excluding carboxylic acids is 4. The molecule has 33 heavy (non-hydrogen) atoms. The fourth-order valence-electron chi connectivity index (χ4n) is 4.00. The van der Waals surface area contributed by atoms with Crippen LogP contribution in [0.25, 0.3) is 0 Å². The lowest BCUT2D eigenvalue weighted by molar-refractivity contribution is -0.119. The van der Waals surface area contributed by atoms with Crippen molar-refractivity contribution in [3.63, 3.8) is 0 Å². The summed E-state index contributed by atoms with van der Waals surface area (Å²) >= 11 is 2.33. The zero-order valence-electron chi connectivity index (χ0n) is 17.6. The maximum Gasteiger partial charge on any atom is 0.286 e. The summed E-state index contributed by atoms with van der Waals surface area (Å²) in [5.74, 6) is 0.653. The molecule has 170 valence electrons. The van der Waals surface area contributed by atoms with Gasteiger partial charge < -0.3 is 14.8 Å². The number of hydrogen-bond donors (Lipinski definition) is 2. The summed E-state index contributed by atoms with van der Waals surface area (Å²) in [6.45, 7) is 1.93. The SMILES string of the molecule is C[C@@H]1S[C@@H](C(=O)Nc2ccc(CC3SC(=O)NC3=O)cc2)Cc2cc3c(cc2C1=O)OCO3. The number of amides is 3. The molecule has 8 nitrogen and oxygen atoms in total. The van der Waals surface area contributed by atoms with Crippen molar-refractivity contribution in [2.45, 2.75) is 35.5 Å². The maximum absolute atomic E-state index is 13.1. The van der Waals surface area contributed by atoms with Crippen molar-refractivity contribution < 1.29 is 28.7 Å². The number of ketones is 1. The van der Waals surface area contributed by atoms with Crippen molar-refractivity contribution in [2.75, 3.05) is 12.1 Å². The molecule has 0 bridgehead atoms. The van der Waals surface area contributed by atoms with Gasteiger partial charge in [0.1, 0.15) is 0 Å². The summed E-state index contributed by atoms with van der Waals surface area (Å²) in [4.78, 5) is 49.0. The maximum atomic E-state index is 13.1. The lowest BCUT2D eigenvalue weighted by atomic mass is 9.97. The monoisotopic (exact) mass is 484 g/mol. The summed E-state index contributed by atoms with van der Waals surface area (Å²) in [6, 6.07) is 10.7. The first-order valence-electron chi connectivity index (χ1n) is 10.4. The number of Topliss-reactive ketones (excluding diaryl/α,β-unsaturated/α-hetero) is 1. The van der Waals surface area contributed by atoms with Crippen LogP contribution in [0.5, 0.6) is 11.5 Å². The molecule has 0 aliphatic carbocycles. The van der Waals surface area contributed by atoms with E-state index in [1.54, 1.807) is 24.3 Å². The third kappa shape index (κ3) is 4.45. The average molecular weight is 485 g/mol. The van der Waals surface area contributed by atoms with Gasteiger partial charge in [-0.15, -0.1) is 11.8 Å². The predicted molar refractivity (Wildman–Crippen MR) is 125 cm³/mol. The third-order valence-corrected chi connectivity index (χ3v) is 8.02. The van der Waals surface area contributed by atoms with Crippen LogP contribution in [-0.2, 0) is 22.4 Å². The Hall–Kier alpha value is -2.98. The Morgan fingerprint density at radius 3 is 2.55 bits per heavy atom. The fraction of sp³-hybridized carbons (Fsp3) is 0.304. The van der Waals surface area contributed by atoms with Gasteiger partial charge in [-0.2, -0.15) is 0 Å². The molecule has 0 spiro atoms. The fourth-order valence-corrected chi connectivity index (χ4v) is 6.06. The molecule has 2 aromatic rings. The molecule has 3 amide bonds. The summed E-state index contributed by atoms with van der Waals surface area (Å²) < 4.78 is 10.8. The van der Waals surface area contributed by atoms with Gasteiger partial charge in [0.2, 0.25) is 18.6 Å². The number of hydrogen-bond acceptors (Lipinski definition) is 8. The van der Waals surface area contributed by atoms with E-state index in [0.717, 1.165) is 22.9 Å². The number of fused-ring (bicyclic) bond motifs is 2. The molecule has 1 saturated heterocycles. The highest BCUT2D eigenvalue weighted by molar-refractivity contribution is 8.15. The van der Waals surface area contributed by atoms with Crippen LogP contribution in [0.4, 0.5) is 10.5 Å². The van der Waals surface area contributed by atoms with Crippen LogP contribution in [0.2, 0.25) is 0 Å². The van der Waals surface area contributed by atoms with E-state index in [9.17, 15) is 19.2 Å². The Morgan fingerprint density at radius 1 is 1.12 bits per heavy atom. The van der Waals surface area contributed by atoms with Gasteiger partial charge in [-0.05, 0) is 55.2 Å². The number of nitrogens with one attached hydrogen (secondary N) is 2. The molecule has 0 saturated carbocycles. The smallest absolute Gasteiger partial charge is 0.286 e. The van der Waals surface area contributed by atoms with E-state index >= 15 is 0 Å². The van der Waals surface area contributed by atoms with Crippen LogP contribution in [0.1, 0.15) is 28.4 Å². The van der Waals surface area contributed by atoms with Crippen molar-refractivity contribution in [3.8, 4) is 11.5 Å². The van der Waals surface area contributed by atoms with Crippen LogP contribution in [0, 0.1) is 0 Å². The number of anilines is 1. The molecule has 0 aromatic heterocycles. The van der Waals surface area contributed by atoms with Crippen molar-refractivity contribution in [1.29, 1.82) is 0 Å². The minimum absolute atomic E-state index is 0.0275. The zero-order chi connectivity index (χ0) is 23.1. The van der Waals surface area contributed by atoms with Crippen LogP contribution >= 0.6 is 23.5 Å². The zero-order valence-corrected chi connectivity index (χ0v) is 19.2. The van der Waals surface area contributed by atoms with E-state index in [0.29, 0.717) is 35.6 Å².